The zero-order valence-electron chi connectivity index (χ0n) is 10.7. The van der Waals surface area contributed by atoms with Crippen LogP contribution in [0, 0.1) is 0 Å². The van der Waals surface area contributed by atoms with E-state index in [4.69, 9.17) is 5.73 Å². The van der Waals surface area contributed by atoms with Gasteiger partial charge in [-0.1, -0.05) is 0 Å². The lowest BCUT2D eigenvalue weighted by Gasteiger charge is -2.16. The quantitative estimate of drug-likeness (QED) is 0.809. The molecular formula is C13H14N6O. The highest BCUT2D eigenvalue weighted by atomic mass is 16.1. The number of carbonyl (C=O) groups is 1. The van der Waals surface area contributed by atoms with Gasteiger partial charge in [0.2, 0.25) is 5.91 Å². The van der Waals surface area contributed by atoms with Crippen LogP contribution < -0.4 is 11.1 Å². The number of hydrogen-bond acceptors (Lipinski definition) is 6. The molecule has 3 atom stereocenters. The molecule has 3 rings (SSSR count). The second-order valence-corrected chi connectivity index (χ2v) is 4.66. The van der Waals surface area contributed by atoms with Gasteiger partial charge in [-0.05, 0) is 18.6 Å². The zero-order valence-corrected chi connectivity index (χ0v) is 10.7. The lowest BCUT2D eigenvalue weighted by molar-refractivity contribution is -0.119. The van der Waals surface area contributed by atoms with Gasteiger partial charge in [-0.15, -0.1) is 0 Å². The summed E-state index contributed by atoms with van der Waals surface area (Å²) in [7, 11) is 0. The predicted molar refractivity (Wildman–Crippen MR) is 70.3 cm³/mol. The van der Waals surface area contributed by atoms with Crippen LogP contribution in [0.15, 0.2) is 36.9 Å². The molecule has 0 bridgehead atoms. The summed E-state index contributed by atoms with van der Waals surface area (Å²) in [5, 5.41) is 3.18. The number of primary amides is 1. The third-order valence-corrected chi connectivity index (χ3v) is 3.40. The van der Waals surface area contributed by atoms with Crippen molar-refractivity contribution in [1.82, 2.24) is 25.3 Å². The molecule has 7 nitrogen and oxygen atoms in total. The standard InChI is InChI=1S/C13H14N6O/c14-11(20)9-7-8(12-15-3-1-4-16-12)10(19-9)13-17-5-2-6-18-13/h1-6,8-10,19H,7H2,(H2,14,20). The van der Waals surface area contributed by atoms with Crippen LogP contribution in [-0.4, -0.2) is 31.9 Å². The Morgan fingerprint density at radius 2 is 1.60 bits per heavy atom. The topological polar surface area (TPSA) is 107 Å². The fourth-order valence-electron chi connectivity index (χ4n) is 2.47. The summed E-state index contributed by atoms with van der Waals surface area (Å²) >= 11 is 0. The lowest BCUT2D eigenvalue weighted by Crippen LogP contribution is -2.37. The first-order valence-corrected chi connectivity index (χ1v) is 6.35. The Labute approximate surface area is 115 Å². The van der Waals surface area contributed by atoms with Crippen molar-refractivity contribution in [2.24, 2.45) is 5.73 Å². The van der Waals surface area contributed by atoms with Crippen molar-refractivity contribution < 1.29 is 4.79 Å². The number of carbonyl (C=O) groups excluding carboxylic acids is 1. The lowest BCUT2D eigenvalue weighted by atomic mass is 9.97. The van der Waals surface area contributed by atoms with Crippen molar-refractivity contribution in [3.63, 3.8) is 0 Å². The largest absolute Gasteiger partial charge is 0.368 e. The molecule has 1 saturated heterocycles. The predicted octanol–water partition coefficient (Wildman–Crippen LogP) is -0.0613. The van der Waals surface area contributed by atoms with Crippen molar-refractivity contribution in [2.45, 2.75) is 24.4 Å². The van der Waals surface area contributed by atoms with Crippen LogP contribution in [0.1, 0.15) is 30.0 Å². The number of nitrogens with zero attached hydrogens (tertiary/aromatic N) is 4. The van der Waals surface area contributed by atoms with E-state index < -0.39 is 6.04 Å². The Kier molecular flexibility index (Phi) is 3.34. The second-order valence-electron chi connectivity index (χ2n) is 4.66. The van der Waals surface area contributed by atoms with E-state index in [0.717, 1.165) is 0 Å². The van der Waals surface area contributed by atoms with Crippen LogP contribution in [0.5, 0.6) is 0 Å². The molecular weight excluding hydrogens is 256 g/mol. The summed E-state index contributed by atoms with van der Waals surface area (Å²) in [6, 6.07) is 2.87. The SMILES string of the molecule is NC(=O)C1CC(c2ncccn2)C(c2ncccn2)N1. The van der Waals surface area contributed by atoms with Gasteiger partial charge in [-0.3, -0.25) is 10.1 Å². The maximum absolute atomic E-state index is 11.4. The minimum Gasteiger partial charge on any atom is -0.368 e. The molecule has 3 heterocycles. The maximum atomic E-state index is 11.4. The van der Waals surface area contributed by atoms with Gasteiger partial charge in [0.25, 0.3) is 0 Å². The van der Waals surface area contributed by atoms with Crippen molar-refractivity contribution in [3.8, 4) is 0 Å². The van der Waals surface area contributed by atoms with Gasteiger partial charge >= 0.3 is 0 Å². The first-order valence-electron chi connectivity index (χ1n) is 6.35. The Bertz CT molecular complexity index is 543. The van der Waals surface area contributed by atoms with Gasteiger partial charge in [-0.2, -0.15) is 0 Å². The van der Waals surface area contributed by atoms with E-state index >= 15 is 0 Å². The van der Waals surface area contributed by atoms with E-state index in [1.807, 2.05) is 0 Å². The highest BCUT2D eigenvalue weighted by molar-refractivity contribution is 5.80. The molecule has 0 radical (unpaired) electrons. The molecule has 1 aliphatic rings. The van der Waals surface area contributed by atoms with Crippen molar-refractivity contribution >= 4 is 5.91 Å². The molecule has 1 aliphatic heterocycles. The van der Waals surface area contributed by atoms with E-state index in [1.54, 1.807) is 36.9 Å². The third-order valence-electron chi connectivity index (χ3n) is 3.40. The summed E-state index contributed by atoms with van der Waals surface area (Å²) in [4.78, 5) is 28.5. The number of nitrogens with two attached hydrogens (primary N) is 1. The van der Waals surface area contributed by atoms with E-state index in [2.05, 4.69) is 25.3 Å². The smallest absolute Gasteiger partial charge is 0.234 e. The first-order chi connectivity index (χ1) is 9.75. The summed E-state index contributed by atoms with van der Waals surface area (Å²) in [5.74, 6) is 0.829. The van der Waals surface area contributed by atoms with Gasteiger partial charge in [-0.25, -0.2) is 19.9 Å². The molecule has 0 aliphatic carbocycles. The molecule has 2 aromatic heterocycles. The fourth-order valence-corrected chi connectivity index (χ4v) is 2.47. The van der Waals surface area contributed by atoms with E-state index in [9.17, 15) is 4.79 Å². The number of hydrogen-bond donors (Lipinski definition) is 2. The number of rotatable bonds is 3. The molecule has 1 fully saturated rings. The Morgan fingerprint density at radius 1 is 1.05 bits per heavy atom. The van der Waals surface area contributed by atoms with Crippen molar-refractivity contribution in [1.29, 1.82) is 0 Å². The molecule has 102 valence electrons. The van der Waals surface area contributed by atoms with Crippen LogP contribution in [0.4, 0.5) is 0 Å². The summed E-state index contributed by atoms with van der Waals surface area (Å²) < 4.78 is 0. The van der Waals surface area contributed by atoms with Gasteiger partial charge in [0.05, 0.1) is 12.1 Å². The van der Waals surface area contributed by atoms with Crippen LogP contribution >= 0.6 is 0 Å². The maximum Gasteiger partial charge on any atom is 0.234 e. The summed E-state index contributed by atoms with van der Waals surface area (Å²) in [6.07, 6.45) is 7.25. The average Bonchev–Trinajstić information content (AvgIpc) is 2.94. The Hall–Kier alpha value is -2.41. The minimum absolute atomic E-state index is 0.0731. The molecule has 7 heteroatoms. The molecule has 3 unspecified atom stereocenters. The van der Waals surface area contributed by atoms with Gasteiger partial charge in [0.15, 0.2) is 0 Å². The summed E-state index contributed by atoms with van der Waals surface area (Å²) in [6.45, 7) is 0. The Morgan fingerprint density at radius 3 is 2.15 bits per heavy atom. The number of aromatic nitrogens is 4. The zero-order chi connectivity index (χ0) is 13.9. The van der Waals surface area contributed by atoms with E-state index in [-0.39, 0.29) is 17.9 Å². The van der Waals surface area contributed by atoms with Crippen LogP contribution in [0.2, 0.25) is 0 Å². The molecule has 20 heavy (non-hydrogen) atoms. The van der Waals surface area contributed by atoms with Gasteiger partial charge < -0.3 is 5.73 Å². The van der Waals surface area contributed by atoms with Gasteiger partial charge in [0, 0.05) is 30.7 Å². The third kappa shape index (κ3) is 2.35. The number of amides is 1. The van der Waals surface area contributed by atoms with E-state index in [0.29, 0.717) is 18.1 Å². The molecule has 2 aromatic rings. The molecule has 0 spiro atoms. The Balaban J connectivity index is 1.95. The monoisotopic (exact) mass is 270 g/mol. The van der Waals surface area contributed by atoms with Crippen LogP contribution in [-0.2, 0) is 4.79 Å². The average molecular weight is 270 g/mol. The molecule has 1 amide bonds. The van der Waals surface area contributed by atoms with Crippen LogP contribution in [0.3, 0.4) is 0 Å². The molecule has 0 saturated carbocycles. The highest BCUT2D eigenvalue weighted by Gasteiger charge is 2.40. The molecule has 0 aromatic carbocycles. The van der Waals surface area contributed by atoms with Crippen LogP contribution in [0.25, 0.3) is 0 Å². The summed E-state index contributed by atoms with van der Waals surface area (Å²) in [5.41, 5.74) is 5.40. The van der Waals surface area contributed by atoms with Crippen molar-refractivity contribution in [2.75, 3.05) is 0 Å². The van der Waals surface area contributed by atoms with E-state index in [1.165, 1.54) is 0 Å². The minimum atomic E-state index is -0.419. The van der Waals surface area contributed by atoms with Crippen molar-refractivity contribution in [3.05, 3.63) is 48.6 Å². The van der Waals surface area contributed by atoms with Gasteiger partial charge in [0.1, 0.15) is 11.6 Å². The first kappa shape index (κ1) is 12.6. The number of nitrogens with one attached hydrogen (secondary N) is 1. The normalized spacial score (nSPS) is 25.5. The fraction of sp³-hybridized carbons (Fsp3) is 0.308. The second kappa shape index (κ2) is 5.30. The highest BCUT2D eigenvalue weighted by Crippen LogP contribution is 2.36. The molecule has 3 N–H and O–H groups in total.